The maximum atomic E-state index is 5.92. The van der Waals surface area contributed by atoms with Gasteiger partial charge in [0.05, 0.1) is 5.69 Å². The van der Waals surface area contributed by atoms with Gasteiger partial charge < -0.3 is 10.5 Å². The maximum absolute atomic E-state index is 5.92. The first-order valence-electron chi connectivity index (χ1n) is 5.74. The number of nitrogens with zero attached hydrogens (tertiary/aromatic N) is 1. The minimum absolute atomic E-state index is 0.0585. The molecule has 0 fully saturated rings. The highest BCUT2D eigenvalue weighted by molar-refractivity contribution is 9.10. The smallest absolute Gasteiger partial charge is 0.130 e. The van der Waals surface area contributed by atoms with Crippen LogP contribution in [0, 0.1) is 0 Å². The van der Waals surface area contributed by atoms with Crippen molar-refractivity contribution in [3.05, 3.63) is 58.3 Å². The fourth-order valence-electron chi connectivity index (χ4n) is 1.64. The first-order chi connectivity index (χ1) is 8.66. The molecule has 0 saturated carbocycles. The summed E-state index contributed by atoms with van der Waals surface area (Å²) in [6.07, 6.45) is 1.76. The van der Waals surface area contributed by atoms with Gasteiger partial charge in [0.15, 0.2) is 0 Å². The van der Waals surface area contributed by atoms with Gasteiger partial charge in [0, 0.05) is 22.3 Å². The number of halogens is 1. The number of ether oxygens (including phenoxy) is 1. The van der Waals surface area contributed by atoms with Crippen LogP contribution in [-0.4, -0.2) is 4.98 Å². The molecule has 2 rings (SSSR count). The molecule has 1 aromatic carbocycles. The first kappa shape index (κ1) is 13.1. The summed E-state index contributed by atoms with van der Waals surface area (Å²) >= 11 is 3.44. The van der Waals surface area contributed by atoms with E-state index < -0.39 is 0 Å². The van der Waals surface area contributed by atoms with Crippen LogP contribution in [-0.2, 0) is 6.61 Å². The van der Waals surface area contributed by atoms with Crippen molar-refractivity contribution in [1.82, 2.24) is 4.98 Å². The zero-order chi connectivity index (χ0) is 13.0. The van der Waals surface area contributed by atoms with Crippen molar-refractivity contribution in [3.63, 3.8) is 0 Å². The number of pyridine rings is 1. The normalized spacial score (nSPS) is 12.2. The Balaban J connectivity index is 2.15. The number of aromatic nitrogens is 1. The molecule has 4 heteroatoms. The second-order valence-corrected chi connectivity index (χ2v) is 5.00. The molecule has 1 aromatic heterocycles. The van der Waals surface area contributed by atoms with Gasteiger partial charge in [0.1, 0.15) is 12.4 Å². The molecule has 0 unspecified atom stereocenters. The number of nitrogens with two attached hydrogens (primary N) is 1. The molecule has 18 heavy (non-hydrogen) atoms. The third-order valence-corrected chi connectivity index (χ3v) is 3.06. The van der Waals surface area contributed by atoms with Gasteiger partial charge in [-0.05, 0) is 31.2 Å². The Bertz CT molecular complexity index is 514. The lowest BCUT2D eigenvalue weighted by molar-refractivity contribution is 0.296. The molecule has 0 amide bonds. The van der Waals surface area contributed by atoms with Crippen LogP contribution in [0.2, 0.25) is 0 Å². The summed E-state index contributed by atoms with van der Waals surface area (Å²) in [7, 11) is 0. The van der Waals surface area contributed by atoms with Gasteiger partial charge in [-0.2, -0.15) is 0 Å². The van der Waals surface area contributed by atoms with Crippen LogP contribution in [0.3, 0.4) is 0 Å². The summed E-state index contributed by atoms with van der Waals surface area (Å²) in [6.45, 7) is 2.38. The average molecular weight is 307 g/mol. The molecule has 3 nitrogen and oxygen atoms in total. The second-order valence-electron chi connectivity index (χ2n) is 4.08. The van der Waals surface area contributed by atoms with Crippen LogP contribution in [0.5, 0.6) is 5.75 Å². The molecule has 0 aliphatic carbocycles. The second kappa shape index (κ2) is 5.98. The van der Waals surface area contributed by atoms with Crippen LogP contribution in [0.1, 0.15) is 24.2 Å². The van der Waals surface area contributed by atoms with E-state index in [0.29, 0.717) is 6.61 Å². The topological polar surface area (TPSA) is 48.1 Å². The van der Waals surface area contributed by atoms with Crippen molar-refractivity contribution in [2.75, 3.05) is 0 Å². The fourth-order valence-corrected chi connectivity index (χ4v) is 1.98. The molecule has 1 heterocycles. The number of hydrogen-bond donors (Lipinski definition) is 1. The monoisotopic (exact) mass is 306 g/mol. The van der Waals surface area contributed by atoms with Crippen LogP contribution in [0.4, 0.5) is 0 Å². The summed E-state index contributed by atoms with van der Waals surface area (Å²) in [4.78, 5) is 4.22. The van der Waals surface area contributed by atoms with Gasteiger partial charge in [-0.15, -0.1) is 0 Å². The van der Waals surface area contributed by atoms with Crippen molar-refractivity contribution >= 4 is 15.9 Å². The lowest BCUT2D eigenvalue weighted by Gasteiger charge is -2.14. The molecular weight excluding hydrogens is 292 g/mol. The zero-order valence-corrected chi connectivity index (χ0v) is 11.7. The highest BCUT2D eigenvalue weighted by Crippen LogP contribution is 2.28. The molecule has 0 spiro atoms. The Morgan fingerprint density at radius 2 is 2.17 bits per heavy atom. The van der Waals surface area contributed by atoms with Crippen molar-refractivity contribution in [3.8, 4) is 5.75 Å². The first-order valence-corrected chi connectivity index (χ1v) is 6.54. The maximum Gasteiger partial charge on any atom is 0.130 e. The van der Waals surface area contributed by atoms with Gasteiger partial charge in [-0.25, -0.2) is 0 Å². The summed E-state index contributed by atoms with van der Waals surface area (Å²) < 4.78 is 6.77. The largest absolute Gasteiger partial charge is 0.487 e. The third-order valence-electron chi connectivity index (χ3n) is 2.57. The van der Waals surface area contributed by atoms with Crippen LogP contribution < -0.4 is 10.5 Å². The number of benzene rings is 1. The molecule has 0 radical (unpaired) electrons. The minimum Gasteiger partial charge on any atom is -0.487 e. The van der Waals surface area contributed by atoms with E-state index in [4.69, 9.17) is 10.5 Å². The van der Waals surface area contributed by atoms with E-state index in [1.165, 1.54) is 0 Å². The van der Waals surface area contributed by atoms with E-state index in [-0.39, 0.29) is 6.04 Å². The Kier molecular flexibility index (Phi) is 4.33. The van der Waals surface area contributed by atoms with E-state index >= 15 is 0 Å². The van der Waals surface area contributed by atoms with Crippen molar-refractivity contribution in [2.24, 2.45) is 5.73 Å². The SMILES string of the molecule is C[C@H](N)c1ccc(Br)cc1OCc1ccccn1. The Morgan fingerprint density at radius 3 is 2.83 bits per heavy atom. The van der Waals surface area contributed by atoms with Crippen molar-refractivity contribution < 1.29 is 4.74 Å². The highest BCUT2D eigenvalue weighted by atomic mass is 79.9. The van der Waals surface area contributed by atoms with E-state index in [1.54, 1.807) is 6.20 Å². The van der Waals surface area contributed by atoms with Crippen LogP contribution in [0.25, 0.3) is 0 Å². The molecular formula is C14H15BrN2O. The molecule has 1 atom stereocenters. The molecule has 0 aliphatic heterocycles. The third kappa shape index (κ3) is 3.31. The minimum atomic E-state index is -0.0585. The van der Waals surface area contributed by atoms with Gasteiger partial charge in [-0.1, -0.05) is 28.1 Å². The van der Waals surface area contributed by atoms with Crippen LogP contribution >= 0.6 is 15.9 Å². The Morgan fingerprint density at radius 1 is 1.33 bits per heavy atom. The van der Waals surface area contributed by atoms with E-state index in [2.05, 4.69) is 20.9 Å². The zero-order valence-electron chi connectivity index (χ0n) is 10.1. The summed E-state index contributed by atoms with van der Waals surface area (Å²) in [5.41, 5.74) is 7.81. The van der Waals surface area contributed by atoms with E-state index in [1.807, 2.05) is 43.3 Å². The summed E-state index contributed by atoms with van der Waals surface area (Å²) in [5.74, 6) is 0.796. The molecule has 94 valence electrons. The number of hydrogen-bond acceptors (Lipinski definition) is 3. The summed E-state index contributed by atoms with van der Waals surface area (Å²) in [6, 6.07) is 11.6. The fraction of sp³-hybridized carbons (Fsp3) is 0.214. The molecule has 0 aliphatic rings. The molecule has 2 N–H and O–H groups in total. The van der Waals surface area contributed by atoms with Crippen molar-refractivity contribution in [1.29, 1.82) is 0 Å². The predicted molar refractivity (Wildman–Crippen MR) is 75.3 cm³/mol. The van der Waals surface area contributed by atoms with E-state index in [0.717, 1.165) is 21.5 Å². The highest BCUT2D eigenvalue weighted by Gasteiger charge is 2.09. The lowest BCUT2D eigenvalue weighted by Crippen LogP contribution is -2.08. The van der Waals surface area contributed by atoms with Crippen molar-refractivity contribution in [2.45, 2.75) is 19.6 Å². The van der Waals surface area contributed by atoms with E-state index in [9.17, 15) is 0 Å². The van der Waals surface area contributed by atoms with Gasteiger partial charge >= 0.3 is 0 Å². The Labute approximate surface area is 115 Å². The van der Waals surface area contributed by atoms with Gasteiger partial charge in [-0.3, -0.25) is 4.98 Å². The molecule has 0 bridgehead atoms. The predicted octanol–water partition coefficient (Wildman–Crippen LogP) is 3.44. The van der Waals surface area contributed by atoms with Gasteiger partial charge in [0.2, 0.25) is 0 Å². The lowest BCUT2D eigenvalue weighted by atomic mass is 10.1. The Hall–Kier alpha value is -1.39. The standard InChI is InChI=1S/C14H15BrN2O/c1-10(16)13-6-5-11(15)8-14(13)18-9-12-4-2-3-7-17-12/h2-8,10H,9,16H2,1H3/t10-/m0/s1. The molecule has 2 aromatic rings. The van der Waals surface area contributed by atoms with Crippen LogP contribution in [0.15, 0.2) is 47.1 Å². The average Bonchev–Trinajstić information content (AvgIpc) is 2.37. The number of rotatable bonds is 4. The summed E-state index contributed by atoms with van der Waals surface area (Å²) in [5, 5.41) is 0. The van der Waals surface area contributed by atoms with Gasteiger partial charge in [0.25, 0.3) is 0 Å². The molecule has 0 saturated heterocycles. The quantitative estimate of drug-likeness (QED) is 0.941.